The monoisotopic (exact) mass is 381 g/mol. The lowest BCUT2D eigenvalue weighted by Crippen LogP contribution is -2.41. The highest BCUT2D eigenvalue weighted by molar-refractivity contribution is 7.18. The number of benzene rings is 2. The predicted molar refractivity (Wildman–Crippen MR) is 105 cm³/mol. The van der Waals surface area contributed by atoms with Crippen LogP contribution in [-0.4, -0.2) is 34.8 Å². The average Bonchev–Trinajstić information content (AvgIpc) is 3.11. The summed E-state index contributed by atoms with van der Waals surface area (Å²) >= 11 is 1.57. The van der Waals surface area contributed by atoms with Crippen molar-refractivity contribution in [1.82, 2.24) is 9.88 Å². The zero-order chi connectivity index (χ0) is 19.0. The van der Waals surface area contributed by atoms with Crippen molar-refractivity contribution in [3.05, 3.63) is 53.5 Å². The van der Waals surface area contributed by atoms with Crippen LogP contribution in [0.5, 0.6) is 5.75 Å². The normalized spacial score (nSPS) is 17.0. The molecule has 6 nitrogen and oxygen atoms in total. The Morgan fingerprint density at radius 3 is 2.81 bits per heavy atom. The quantitative estimate of drug-likeness (QED) is 0.749. The van der Waals surface area contributed by atoms with Gasteiger partial charge in [0.1, 0.15) is 10.8 Å². The molecule has 2 atom stereocenters. The van der Waals surface area contributed by atoms with Crippen molar-refractivity contribution < 1.29 is 14.3 Å². The molecule has 2 aromatic carbocycles. The predicted octanol–water partition coefficient (Wildman–Crippen LogP) is 3.61. The third-order valence-electron chi connectivity index (χ3n) is 4.71. The van der Waals surface area contributed by atoms with E-state index in [0.717, 1.165) is 15.2 Å². The van der Waals surface area contributed by atoms with Crippen molar-refractivity contribution >= 4 is 39.1 Å². The molecule has 4 rings (SSSR count). The van der Waals surface area contributed by atoms with E-state index in [9.17, 15) is 9.59 Å². The lowest BCUT2D eigenvalue weighted by molar-refractivity contribution is -0.137. The van der Waals surface area contributed by atoms with Crippen LogP contribution in [0.25, 0.3) is 10.2 Å². The van der Waals surface area contributed by atoms with Gasteiger partial charge in [-0.15, -0.1) is 11.3 Å². The summed E-state index contributed by atoms with van der Waals surface area (Å²) in [6.45, 7) is 1.94. The smallest absolute Gasteiger partial charge is 0.266 e. The van der Waals surface area contributed by atoms with E-state index in [0.29, 0.717) is 11.4 Å². The van der Waals surface area contributed by atoms with Gasteiger partial charge in [0.25, 0.3) is 5.91 Å². The number of ether oxygens (including phenoxy) is 1. The second kappa shape index (κ2) is 7.00. The van der Waals surface area contributed by atoms with E-state index in [-0.39, 0.29) is 24.3 Å². The van der Waals surface area contributed by atoms with E-state index < -0.39 is 6.10 Å². The van der Waals surface area contributed by atoms with Gasteiger partial charge in [0.15, 0.2) is 6.10 Å². The average molecular weight is 381 g/mol. The fourth-order valence-electron chi connectivity index (χ4n) is 2.98. The molecule has 2 amide bonds. The molecule has 2 heterocycles. The molecule has 0 spiro atoms. The second-order valence-corrected chi connectivity index (χ2v) is 7.56. The van der Waals surface area contributed by atoms with Gasteiger partial charge in [0.2, 0.25) is 5.91 Å². The van der Waals surface area contributed by atoms with Gasteiger partial charge < -0.3 is 15.0 Å². The summed E-state index contributed by atoms with van der Waals surface area (Å²) in [6.07, 6.45) is -0.858. The molecule has 1 aliphatic heterocycles. The Balaban J connectivity index is 1.46. The first-order chi connectivity index (χ1) is 13.0. The van der Waals surface area contributed by atoms with Crippen molar-refractivity contribution in [3.63, 3.8) is 0 Å². The minimum absolute atomic E-state index is 0.0219. The van der Waals surface area contributed by atoms with Crippen LogP contribution in [-0.2, 0) is 9.59 Å². The summed E-state index contributed by atoms with van der Waals surface area (Å²) in [6, 6.07) is 14.9. The van der Waals surface area contributed by atoms with Crippen molar-refractivity contribution in [2.24, 2.45) is 0 Å². The van der Waals surface area contributed by atoms with Crippen LogP contribution < -0.4 is 10.1 Å². The van der Waals surface area contributed by atoms with Crippen LogP contribution >= 0.6 is 11.3 Å². The first kappa shape index (κ1) is 17.5. The fourth-order valence-corrected chi connectivity index (χ4v) is 4.04. The third kappa shape index (κ3) is 3.38. The number of rotatable bonds is 4. The summed E-state index contributed by atoms with van der Waals surface area (Å²) in [5.41, 5.74) is 1.55. The van der Waals surface area contributed by atoms with Crippen LogP contribution in [0.1, 0.15) is 24.4 Å². The summed E-state index contributed by atoms with van der Waals surface area (Å²) in [4.78, 5) is 31.2. The van der Waals surface area contributed by atoms with Gasteiger partial charge in [-0.3, -0.25) is 9.59 Å². The molecule has 0 saturated carbocycles. The van der Waals surface area contributed by atoms with E-state index in [1.807, 2.05) is 43.3 Å². The van der Waals surface area contributed by atoms with Crippen molar-refractivity contribution in [1.29, 1.82) is 0 Å². The van der Waals surface area contributed by atoms with Crippen molar-refractivity contribution in [3.8, 4) is 5.75 Å². The number of anilines is 1. The molecular weight excluding hydrogens is 362 g/mol. The maximum atomic E-state index is 12.7. The molecule has 0 unspecified atom stereocenters. The number of thiazole rings is 1. The molecule has 0 aliphatic carbocycles. The molecule has 1 aliphatic rings. The largest absolute Gasteiger partial charge is 0.478 e. The highest BCUT2D eigenvalue weighted by Gasteiger charge is 2.32. The number of aromatic nitrogens is 1. The highest BCUT2D eigenvalue weighted by Crippen LogP contribution is 2.31. The molecule has 0 radical (unpaired) electrons. The minimum atomic E-state index is -0.836. The van der Waals surface area contributed by atoms with Crippen molar-refractivity contribution in [2.75, 3.05) is 12.4 Å². The molecule has 0 bridgehead atoms. The number of hydrogen-bond acceptors (Lipinski definition) is 5. The van der Waals surface area contributed by atoms with E-state index in [2.05, 4.69) is 10.3 Å². The van der Waals surface area contributed by atoms with Crippen LogP contribution in [0.15, 0.2) is 48.5 Å². The Morgan fingerprint density at radius 2 is 2.00 bits per heavy atom. The van der Waals surface area contributed by atoms with E-state index in [4.69, 9.17) is 4.74 Å². The Hall–Kier alpha value is -2.93. The van der Waals surface area contributed by atoms with Gasteiger partial charge in [-0.25, -0.2) is 4.98 Å². The molecule has 138 valence electrons. The number of carbonyl (C=O) groups excluding carboxylic acids is 2. The first-order valence-electron chi connectivity index (χ1n) is 8.70. The van der Waals surface area contributed by atoms with Gasteiger partial charge >= 0.3 is 0 Å². The van der Waals surface area contributed by atoms with Gasteiger partial charge in [-0.1, -0.05) is 24.3 Å². The maximum Gasteiger partial charge on any atom is 0.266 e. The molecular formula is C20H19N3O3S. The molecule has 1 aromatic heterocycles. The number of nitrogens with zero attached hydrogens (tertiary/aromatic N) is 2. The topological polar surface area (TPSA) is 71.5 Å². The van der Waals surface area contributed by atoms with Gasteiger partial charge in [-0.05, 0) is 31.2 Å². The van der Waals surface area contributed by atoms with Crippen LogP contribution in [0.3, 0.4) is 0 Å². The lowest BCUT2D eigenvalue weighted by atomic mass is 10.1. The number of carbonyl (C=O) groups is 2. The number of hydrogen-bond donors (Lipinski definition) is 1. The molecule has 3 aromatic rings. The number of fused-ring (bicyclic) bond motifs is 2. The van der Waals surface area contributed by atoms with E-state index >= 15 is 0 Å². The Morgan fingerprint density at radius 1 is 1.26 bits per heavy atom. The Bertz CT molecular complexity index is 983. The summed E-state index contributed by atoms with van der Waals surface area (Å²) in [5, 5.41) is 3.65. The van der Waals surface area contributed by atoms with Crippen LogP contribution in [0, 0.1) is 0 Å². The molecule has 27 heavy (non-hydrogen) atoms. The van der Waals surface area contributed by atoms with Gasteiger partial charge in [0.05, 0.1) is 28.4 Å². The zero-order valence-electron chi connectivity index (χ0n) is 15.0. The molecule has 0 fully saturated rings. The molecule has 0 saturated heterocycles. The SMILES string of the molecule is C[C@H](c1nc2ccccc2s1)N(C)C(=O)C[C@@H]1Oc2ccccc2NC1=O. The zero-order valence-corrected chi connectivity index (χ0v) is 15.8. The molecule has 1 N–H and O–H groups in total. The number of nitrogens with one attached hydrogen (secondary N) is 1. The summed E-state index contributed by atoms with van der Waals surface area (Å²) < 4.78 is 6.82. The molecule has 7 heteroatoms. The van der Waals surface area contributed by atoms with E-state index in [1.165, 1.54) is 0 Å². The van der Waals surface area contributed by atoms with Gasteiger partial charge in [0, 0.05) is 7.05 Å². The number of amides is 2. The first-order valence-corrected chi connectivity index (χ1v) is 9.52. The Labute approximate surface area is 160 Å². The third-order valence-corrected chi connectivity index (χ3v) is 5.92. The summed E-state index contributed by atoms with van der Waals surface area (Å²) in [5.74, 6) is 0.112. The Kier molecular flexibility index (Phi) is 4.53. The standard InChI is InChI=1S/C20H19N3O3S/c1-12(20-22-14-8-4-6-10-17(14)27-20)23(2)18(24)11-16-19(25)21-13-7-3-5-9-15(13)26-16/h3-10,12,16H,11H2,1-2H3,(H,21,25)/t12-,16+/m1/s1. The van der Waals surface area contributed by atoms with Gasteiger partial charge in [-0.2, -0.15) is 0 Å². The number of para-hydroxylation sites is 3. The fraction of sp³-hybridized carbons (Fsp3) is 0.250. The van der Waals surface area contributed by atoms with Crippen molar-refractivity contribution in [2.45, 2.75) is 25.5 Å². The van der Waals surface area contributed by atoms with E-state index in [1.54, 1.807) is 35.4 Å². The van der Waals surface area contributed by atoms with Crippen LogP contribution in [0.4, 0.5) is 5.69 Å². The second-order valence-electron chi connectivity index (χ2n) is 6.50. The highest BCUT2D eigenvalue weighted by atomic mass is 32.1. The summed E-state index contributed by atoms with van der Waals surface area (Å²) in [7, 11) is 1.73. The van der Waals surface area contributed by atoms with Crippen LogP contribution in [0.2, 0.25) is 0 Å². The minimum Gasteiger partial charge on any atom is -0.478 e. The lowest BCUT2D eigenvalue weighted by Gasteiger charge is -2.28. The maximum absolute atomic E-state index is 12.7.